The van der Waals surface area contributed by atoms with Crippen molar-refractivity contribution in [2.45, 2.75) is 62.7 Å². The molecule has 3 N–H and O–H groups in total. The number of carbonyl (C=O) groups excluding carboxylic acids is 3. The molecule has 214 valence electrons. The average Bonchev–Trinajstić information content (AvgIpc) is 2.90. The molecule has 1 aliphatic heterocycles. The largest absolute Gasteiger partial charge is 0.486 e. The second-order valence-corrected chi connectivity index (χ2v) is 8.27. The van der Waals surface area contributed by atoms with E-state index in [1.54, 1.807) is 0 Å². The Morgan fingerprint density at radius 2 is 1.66 bits per heavy atom. The third-order valence-electron chi connectivity index (χ3n) is 5.57. The highest BCUT2D eigenvalue weighted by molar-refractivity contribution is 6.10. The van der Waals surface area contributed by atoms with E-state index in [0.29, 0.717) is 6.07 Å². The molecule has 8 nitrogen and oxygen atoms in total. The lowest BCUT2D eigenvalue weighted by molar-refractivity contribution is -0.278. The van der Waals surface area contributed by atoms with E-state index in [1.165, 1.54) is 6.92 Å². The summed E-state index contributed by atoms with van der Waals surface area (Å²) in [5, 5.41) is 13.5. The van der Waals surface area contributed by atoms with Crippen LogP contribution in [0.4, 0.5) is 45.2 Å². The molecule has 0 saturated heterocycles. The van der Waals surface area contributed by atoms with Crippen molar-refractivity contribution in [1.82, 2.24) is 10.6 Å². The maximum Gasteiger partial charge on any atom is 0.455 e. The number of alkyl halides is 8. The molecule has 0 fully saturated rings. The van der Waals surface area contributed by atoms with Crippen LogP contribution in [0.3, 0.4) is 0 Å². The number of benzene rings is 1. The Bertz CT molecular complexity index is 1060. The Morgan fingerprint density at radius 3 is 2.16 bits per heavy atom. The zero-order chi connectivity index (χ0) is 29.3. The lowest BCUT2D eigenvalue weighted by atomic mass is 9.96. The van der Waals surface area contributed by atoms with E-state index in [9.17, 15) is 59.0 Å². The number of ether oxygens (including phenoxy) is 1. The molecule has 0 aliphatic carbocycles. The quantitative estimate of drug-likeness (QED) is 0.331. The van der Waals surface area contributed by atoms with Gasteiger partial charge in [0.1, 0.15) is 30.3 Å². The summed E-state index contributed by atoms with van der Waals surface area (Å²) in [4.78, 5) is 38.3. The van der Waals surface area contributed by atoms with Gasteiger partial charge in [-0.05, 0) is 25.0 Å². The zero-order valence-corrected chi connectivity index (χ0v) is 19.6. The molecule has 0 bridgehead atoms. The smallest absolute Gasteiger partial charge is 0.455 e. The molecule has 3 amide bonds. The molecule has 2 rings (SSSR count). The van der Waals surface area contributed by atoms with Crippen molar-refractivity contribution >= 4 is 23.4 Å². The maximum absolute atomic E-state index is 13.8. The standard InChI is InChI=1S/C21H22F9N3O5/c1-3-12-14(15(34)33(9-20(25,26)27)11-7-10(22)5-6-13(11)38-12)32-17(36)18(37,4-2)16(35)31-8-19(23,24)21(28,29)30/h5-7,12,14,37H,3-4,8-9H2,1-2H3,(H,31,35)(H,32,36)/t12-,14+,18?/m1/s1. The number of fused-ring (bicyclic) bond motifs is 1. The highest BCUT2D eigenvalue weighted by Gasteiger charge is 2.58. The number of hydrogen-bond donors (Lipinski definition) is 3. The number of nitrogens with one attached hydrogen (secondary N) is 2. The molecule has 0 radical (unpaired) electrons. The van der Waals surface area contributed by atoms with E-state index in [0.717, 1.165) is 24.4 Å². The number of anilines is 1. The molecule has 1 aromatic carbocycles. The summed E-state index contributed by atoms with van der Waals surface area (Å²) in [5.74, 6) is -12.1. The van der Waals surface area contributed by atoms with E-state index in [-0.39, 0.29) is 17.1 Å². The molecule has 38 heavy (non-hydrogen) atoms. The molecule has 1 heterocycles. The maximum atomic E-state index is 13.8. The summed E-state index contributed by atoms with van der Waals surface area (Å²) in [6.07, 6.45) is -13.6. The highest BCUT2D eigenvalue weighted by Crippen LogP contribution is 2.37. The fraction of sp³-hybridized carbons (Fsp3) is 0.571. The summed E-state index contributed by atoms with van der Waals surface area (Å²) >= 11 is 0. The van der Waals surface area contributed by atoms with Gasteiger partial charge in [0.15, 0.2) is 0 Å². The van der Waals surface area contributed by atoms with Gasteiger partial charge in [0.05, 0.1) is 12.2 Å². The van der Waals surface area contributed by atoms with Crippen molar-refractivity contribution in [2.24, 2.45) is 0 Å². The van der Waals surface area contributed by atoms with Crippen LogP contribution in [-0.2, 0) is 14.4 Å². The zero-order valence-electron chi connectivity index (χ0n) is 19.6. The fourth-order valence-corrected chi connectivity index (χ4v) is 3.42. The number of nitrogens with zero attached hydrogens (tertiary/aromatic N) is 1. The molecule has 0 aromatic heterocycles. The van der Waals surface area contributed by atoms with Crippen LogP contribution in [0.2, 0.25) is 0 Å². The fourth-order valence-electron chi connectivity index (χ4n) is 3.42. The van der Waals surface area contributed by atoms with E-state index >= 15 is 0 Å². The Hall–Kier alpha value is -3.24. The minimum atomic E-state index is -6.07. The van der Waals surface area contributed by atoms with E-state index in [1.807, 2.05) is 5.32 Å². The lowest BCUT2D eigenvalue weighted by Crippen LogP contribution is -2.64. The third kappa shape index (κ3) is 6.60. The van der Waals surface area contributed by atoms with Crippen LogP contribution in [0.1, 0.15) is 26.7 Å². The minimum absolute atomic E-state index is 0.0635. The number of rotatable bonds is 8. The number of carbonyl (C=O) groups is 3. The molecule has 0 saturated carbocycles. The first-order valence-corrected chi connectivity index (χ1v) is 10.9. The van der Waals surface area contributed by atoms with Crippen LogP contribution in [0.25, 0.3) is 0 Å². The van der Waals surface area contributed by atoms with Gasteiger partial charge < -0.3 is 20.5 Å². The van der Waals surface area contributed by atoms with Gasteiger partial charge in [-0.15, -0.1) is 0 Å². The Morgan fingerprint density at radius 1 is 1.05 bits per heavy atom. The van der Waals surface area contributed by atoms with Gasteiger partial charge in [-0.25, -0.2) is 4.39 Å². The van der Waals surface area contributed by atoms with Crippen LogP contribution in [0, 0.1) is 5.82 Å². The van der Waals surface area contributed by atoms with Crippen LogP contribution in [0.5, 0.6) is 5.75 Å². The third-order valence-corrected chi connectivity index (χ3v) is 5.57. The highest BCUT2D eigenvalue weighted by atomic mass is 19.4. The molecular weight excluding hydrogens is 545 g/mol. The summed E-state index contributed by atoms with van der Waals surface area (Å²) in [5.41, 5.74) is -3.96. The summed E-state index contributed by atoms with van der Waals surface area (Å²) in [6.45, 7) is -1.94. The first kappa shape index (κ1) is 31.0. The van der Waals surface area contributed by atoms with Crippen LogP contribution in [0.15, 0.2) is 18.2 Å². The molecule has 1 unspecified atom stereocenters. The van der Waals surface area contributed by atoms with E-state index in [2.05, 4.69) is 0 Å². The van der Waals surface area contributed by atoms with Gasteiger partial charge >= 0.3 is 18.3 Å². The predicted molar refractivity (Wildman–Crippen MR) is 111 cm³/mol. The lowest BCUT2D eigenvalue weighted by Gasteiger charge is -2.31. The van der Waals surface area contributed by atoms with E-state index < -0.39 is 84.8 Å². The predicted octanol–water partition coefficient (Wildman–Crippen LogP) is 2.83. The normalized spacial score (nSPS) is 20.1. The first-order chi connectivity index (χ1) is 17.3. The monoisotopic (exact) mass is 567 g/mol. The second kappa shape index (κ2) is 10.9. The average molecular weight is 567 g/mol. The Kier molecular flexibility index (Phi) is 8.85. The van der Waals surface area contributed by atoms with Crippen LogP contribution < -0.4 is 20.3 Å². The Labute approximate surface area is 209 Å². The summed E-state index contributed by atoms with van der Waals surface area (Å²) < 4.78 is 123. The van der Waals surface area contributed by atoms with Gasteiger partial charge in [-0.1, -0.05) is 13.8 Å². The molecule has 3 atom stereocenters. The van der Waals surface area contributed by atoms with Gasteiger partial charge in [0.25, 0.3) is 17.7 Å². The van der Waals surface area contributed by atoms with Crippen LogP contribution >= 0.6 is 0 Å². The number of aliphatic hydroxyl groups is 1. The van der Waals surface area contributed by atoms with Crippen molar-refractivity contribution in [3.8, 4) is 5.75 Å². The van der Waals surface area contributed by atoms with Crippen molar-refractivity contribution in [1.29, 1.82) is 0 Å². The van der Waals surface area contributed by atoms with Gasteiger partial charge in [-0.2, -0.15) is 35.1 Å². The molecule has 1 aliphatic rings. The SMILES string of the molecule is CC[C@H]1Oc2ccc(F)cc2N(CC(F)(F)F)C(=O)[C@H]1NC(=O)C(O)(CC)C(=O)NCC(F)(F)C(F)(F)F. The van der Waals surface area contributed by atoms with Gasteiger partial charge in [0.2, 0.25) is 5.60 Å². The molecular formula is C21H22F9N3O5. The summed E-state index contributed by atoms with van der Waals surface area (Å²) in [7, 11) is 0. The van der Waals surface area contributed by atoms with E-state index in [4.69, 9.17) is 4.74 Å². The molecule has 0 spiro atoms. The number of amides is 3. The second-order valence-electron chi connectivity index (χ2n) is 8.27. The molecule has 17 heteroatoms. The van der Waals surface area contributed by atoms with Crippen LogP contribution in [-0.4, -0.2) is 71.9 Å². The summed E-state index contributed by atoms with van der Waals surface area (Å²) in [6, 6.07) is 0.308. The minimum Gasteiger partial charge on any atom is -0.486 e. The van der Waals surface area contributed by atoms with Crippen molar-refractivity contribution in [3.05, 3.63) is 24.0 Å². The number of halogens is 9. The number of hydrogen-bond acceptors (Lipinski definition) is 5. The van der Waals surface area contributed by atoms with Crippen molar-refractivity contribution in [2.75, 3.05) is 18.0 Å². The van der Waals surface area contributed by atoms with Crippen molar-refractivity contribution in [3.63, 3.8) is 0 Å². The van der Waals surface area contributed by atoms with Gasteiger partial charge in [-0.3, -0.25) is 19.3 Å². The Balaban J connectivity index is 2.40. The first-order valence-electron chi connectivity index (χ1n) is 10.9. The molecule has 1 aromatic rings. The van der Waals surface area contributed by atoms with Crippen molar-refractivity contribution < 1.29 is 63.7 Å². The van der Waals surface area contributed by atoms with Gasteiger partial charge in [0, 0.05) is 6.07 Å². The topological polar surface area (TPSA) is 108 Å².